The van der Waals surface area contributed by atoms with Crippen LogP contribution in [0.15, 0.2) is 18.3 Å². The lowest BCUT2D eigenvalue weighted by Gasteiger charge is -2.39. The van der Waals surface area contributed by atoms with Crippen molar-refractivity contribution in [2.24, 2.45) is 5.73 Å². The van der Waals surface area contributed by atoms with E-state index in [4.69, 9.17) is 5.73 Å². The number of hydrogen-bond donors (Lipinski definition) is 2. The SMILES string of the molecule is CC1(Nc2ncccc2C(N)=O)CCC1. The monoisotopic (exact) mass is 205 g/mol. The molecule has 1 aromatic rings. The van der Waals surface area contributed by atoms with Crippen molar-refractivity contribution >= 4 is 11.7 Å². The molecule has 0 spiro atoms. The molecule has 1 aromatic heterocycles. The van der Waals surface area contributed by atoms with Gasteiger partial charge in [-0.1, -0.05) is 0 Å². The number of hydrogen-bond acceptors (Lipinski definition) is 3. The normalized spacial score (nSPS) is 17.9. The van der Waals surface area contributed by atoms with Crippen molar-refractivity contribution in [1.82, 2.24) is 4.98 Å². The molecule has 0 bridgehead atoms. The van der Waals surface area contributed by atoms with Gasteiger partial charge in [0, 0.05) is 11.7 Å². The van der Waals surface area contributed by atoms with Crippen LogP contribution < -0.4 is 11.1 Å². The third-order valence-corrected chi connectivity index (χ3v) is 2.95. The Bertz CT molecular complexity index is 385. The summed E-state index contributed by atoms with van der Waals surface area (Å²) >= 11 is 0. The number of nitrogens with two attached hydrogens (primary N) is 1. The fourth-order valence-electron chi connectivity index (χ4n) is 1.82. The fraction of sp³-hybridized carbons (Fsp3) is 0.455. The van der Waals surface area contributed by atoms with E-state index < -0.39 is 5.91 Å². The molecule has 1 amide bonds. The Labute approximate surface area is 88.9 Å². The Kier molecular flexibility index (Phi) is 2.34. The molecule has 0 radical (unpaired) electrons. The van der Waals surface area contributed by atoms with Gasteiger partial charge in [0.15, 0.2) is 0 Å². The molecule has 1 heterocycles. The molecule has 1 saturated carbocycles. The van der Waals surface area contributed by atoms with E-state index in [1.54, 1.807) is 18.3 Å². The van der Waals surface area contributed by atoms with Crippen molar-refractivity contribution in [3.8, 4) is 0 Å². The number of nitrogens with one attached hydrogen (secondary N) is 1. The zero-order valence-electron chi connectivity index (χ0n) is 8.79. The van der Waals surface area contributed by atoms with E-state index in [0.29, 0.717) is 11.4 Å². The first-order valence-electron chi connectivity index (χ1n) is 5.14. The number of anilines is 1. The lowest BCUT2D eigenvalue weighted by molar-refractivity contribution is 0.100. The molecule has 3 N–H and O–H groups in total. The van der Waals surface area contributed by atoms with Crippen LogP contribution in [-0.4, -0.2) is 16.4 Å². The van der Waals surface area contributed by atoms with Gasteiger partial charge in [-0.2, -0.15) is 0 Å². The second-order valence-corrected chi connectivity index (χ2v) is 4.30. The van der Waals surface area contributed by atoms with Crippen molar-refractivity contribution in [1.29, 1.82) is 0 Å². The van der Waals surface area contributed by atoms with Gasteiger partial charge < -0.3 is 11.1 Å². The van der Waals surface area contributed by atoms with Crippen molar-refractivity contribution in [3.05, 3.63) is 23.9 Å². The zero-order chi connectivity index (χ0) is 10.9. The number of aromatic nitrogens is 1. The molecule has 4 heteroatoms. The second-order valence-electron chi connectivity index (χ2n) is 4.30. The van der Waals surface area contributed by atoms with Crippen LogP contribution >= 0.6 is 0 Å². The van der Waals surface area contributed by atoms with E-state index in [1.807, 2.05) is 0 Å². The van der Waals surface area contributed by atoms with Gasteiger partial charge in [0.25, 0.3) is 5.91 Å². The largest absolute Gasteiger partial charge is 0.365 e. The van der Waals surface area contributed by atoms with E-state index in [-0.39, 0.29) is 5.54 Å². The first-order chi connectivity index (χ1) is 7.11. The highest BCUT2D eigenvalue weighted by Crippen LogP contribution is 2.34. The number of amides is 1. The highest BCUT2D eigenvalue weighted by Gasteiger charge is 2.32. The summed E-state index contributed by atoms with van der Waals surface area (Å²) in [5.74, 6) is 0.167. The third-order valence-electron chi connectivity index (χ3n) is 2.95. The standard InChI is InChI=1S/C11H15N3O/c1-11(5-3-6-11)14-10-8(9(12)15)4-2-7-13-10/h2,4,7H,3,5-6H2,1H3,(H2,12,15)(H,13,14). The van der Waals surface area contributed by atoms with Gasteiger partial charge >= 0.3 is 0 Å². The van der Waals surface area contributed by atoms with Crippen LogP contribution in [0.4, 0.5) is 5.82 Å². The van der Waals surface area contributed by atoms with E-state index in [1.165, 1.54) is 6.42 Å². The second kappa shape index (κ2) is 3.53. The summed E-state index contributed by atoms with van der Waals surface area (Å²) < 4.78 is 0. The molecule has 0 atom stereocenters. The van der Waals surface area contributed by atoms with Crippen molar-refractivity contribution < 1.29 is 4.79 Å². The molecule has 4 nitrogen and oxygen atoms in total. The third kappa shape index (κ3) is 1.93. The summed E-state index contributed by atoms with van der Waals surface area (Å²) in [6, 6.07) is 3.41. The summed E-state index contributed by atoms with van der Waals surface area (Å²) in [6.07, 6.45) is 5.11. The Balaban J connectivity index is 2.23. The maximum absolute atomic E-state index is 11.2. The van der Waals surface area contributed by atoms with Gasteiger partial charge in [0.05, 0.1) is 5.56 Å². The summed E-state index contributed by atoms with van der Waals surface area (Å²) in [6.45, 7) is 2.13. The number of pyridine rings is 1. The lowest BCUT2D eigenvalue weighted by atomic mass is 9.78. The molecule has 0 saturated heterocycles. The van der Waals surface area contributed by atoms with Crippen LogP contribution in [0.2, 0.25) is 0 Å². The average molecular weight is 205 g/mol. The molecule has 1 fully saturated rings. The fourth-order valence-corrected chi connectivity index (χ4v) is 1.82. The average Bonchev–Trinajstić information content (AvgIpc) is 2.16. The summed E-state index contributed by atoms with van der Waals surface area (Å²) in [5.41, 5.74) is 5.82. The summed E-state index contributed by atoms with van der Waals surface area (Å²) in [5, 5.41) is 3.29. The molecule has 0 aromatic carbocycles. The van der Waals surface area contributed by atoms with Crippen LogP contribution in [0.5, 0.6) is 0 Å². The number of rotatable bonds is 3. The van der Waals surface area contributed by atoms with Gasteiger partial charge in [-0.25, -0.2) is 4.98 Å². The van der Waals surface area contributed by atoms with E-state index in [2.05, 4.69) is 17.2 Å². The Hall–Kier alpha value is -1.58. The maximum atomic E-state index is 11.2. The minimum atomic E-state index is -0.437. The molecule has 15 heavy (non-hydrogen) atoms. The summed E-state index contributed by atoms with van der Waals surface area (Å²) in [7, 11) is 0. The smallest absolute Gasteiger partial charge is 0.252 e. The minimum absolute atomic E-state index is 0.0819. The van der Waals surface area contributed by atoms with Gasteiger partial charge in [-0.3, -0.25) is 4.79 Å². The predicted octanol–water partition coefficient (Wildman–Crippen LogP) is 1.53. The Morgan fingerprint density at radius 2 is 2.33 bits per heavy atom. The molecule has 1 aliphatic carbocycles. The Morgan fingerprint density at radius 3 is 2.87 bits per heavy atom. The van der Waals surface area contributed by atoms with Gasteiger partial charge in [0.2, 0.25) is 0 Å². The Morgan fingerprint density at radius 1 is 1.60 bits per heavy atom. The molecule has 80 valence electrons. The zero-order valence-corrected chi connectivity index (χ0v) is 8.79. The van der Waals surface area contributed by atoms with Crippen LogP contribution in [0, 0.1) is 0 Å². The predicted molar refractivity (Wildman–Crippen MR) is 58.6 cm³/mol. The van der Waals surface area contributed by atoms with Crippen LogP contribution in [0.3, 0.4) is 0 Å². The summed E-state index contributed by atoms with van der Waals surface area (Å²) in [4.78, 5) is 15.3. The molecular weight excluding hydrogens is 190 g/mol. The highest BCUT2D eigenvalue weighted by molar-refractivity contribution is 5.97. The maximum Gasteiger partial charge on any atom is 0.252 e. The number of primary amides is 1. The van der Waals surface area contributed by atoms with Crippen molar-refractivity contribution in [2.45, 2.75) is 31.7 Å². The number of carbonyl (C=O) groups is 1. The lowest BCUT2D eigenvalue weighted by Crippen LogP contribution is -2.42. The molecule has 2 rings (SSSR count). The van der Waals surface area contributed by atoms with Crippen molar-refractivity contribution in [2.75, 3.05) is 5.32 Å². The number of carbonyl (C=O) groups excluding carboxylic acids is 1. The topological polar surface area (TPSA) is 68.0 Å². The highest BCUT2D eigenvalue weighted by atomic mass is 16.1. The molecule has 1 aliphatic rings. The van der Waals surface area contributed by atoms with Gasteiger partial charge in [-0.15, -0.1) is 0 Å². The number of nitrogens with zero attached hydrogens (tertiary/aromatic N) is 1. The quantitative estimate of drug-likeness (QED) is 0.786. The van der Waals surface area contributed by atoms with E-state index in [9.17, 15) is 4.79 Å². The van der Waals surface area contributed by atoms with Crippen molar-refractivity contribution in [3.63, 3.8) is 0 Å². The van der Waals surface area contributed by atoms with Gasteiger partial charge in [-0.05, 0) is 38.3 Å². The van der Waals surface area contributed by atoms with E-state index >= 15 is 0 Å². The van der Waals surface area contributed by atoms with Crippen LogP contribution in [0.25, 0.3) is 0 Å². The molecule has 0 aliphatic heterocycles. The molecule has 0 unspecified atom stereocenters. The van der Waals surface area contributed by atoms with Gasteiger partial charge in [0.1, 0.15) is 5.82 Å². The first-order valence-corrected chi connectivity index (χ1v) is 5.14. The molecular formula is C11H15N3O. The van der Waals surface area contributed by atoms with Crippen LogP contribution in [0.1, 0.15) is 36.5 Å². The van der Waals surface area contributed by atoms with Crippen LogP contribution in [-0.2, 0) is 0 Å². The minimum Gasteiger partial charge on any atom is -0.365 e. The first kappa shape index (κ1) is 9.96. The van der Waals surface area contributed by atoms with E-state index in [0.717, 1.165) is 12.8 Å².